The number of pyridine rings is 1. The summed E-state index contributed by atoms with van der Waals surface area (Å²) in [6.45, 7) is 0.976. The Morgan fingerprint density at radius 1 is 1.59 bits per heavy atom. The molecule has 0 spiro atoms. The number of hydrogen-bond acceptors (Lipinski definition) is 4. The monoisotopic (exact) mass is 258 g/mol. The van der Waals surface area contributed by atoms with E-state index in [-0.39, 0.29) is 24.6 Å². The van der Waals surface area contributed by atoms with Crippen molar-refractivity contribution < 1.29 is 9.84 Å². The summed E-state index contributed by atoms with van der Waals surface area (Å²) in [4.78, 5) is 4.09. The van der Waals surface area contributed by atoms with Crippen LogP contribution in [-0.2, 0) is 6.42 Å². The Hall–Kier alpha value is -0.840. The zero-order chi connectivity index (χ0) is 11.4. The van der Waals surface area contributed by atoms with Crippen molar-refractivity contribution in [3.05, 3.63) is 24.0 Å². The van der Waals surface area contributed by atoms with Gasteiger partial charge in [0.25, 0.3) is 0 Å². The first-order chi connectivity index (χ1) is 7.81. The molecule has 2 rings (SSSR count). The summed E-state index contributed by atoms with van der Waals surface area (Å²) in [6, 6.07) is 1.97. The number of rotatable bonds is 3. The quantitative estimate of drug-likeness (QED) is 0.855. The van der Waals surface area contributed by atoms with E-state index < -0.39 is 0 Å². The molecule has 96 valence electrons. The van der Waals surface area contributed by atoms with Crippen molar-refractivity contribution in [2.24, 2.45) is 0 Å². The maximum absolute atomic E-state index is 9.87. The van der Waals surface area contributed by atoms with Crippen LogP contribution in [0.2, 0.25) is 0 Å². The molecular formula is C12H19ClN2O2. The summed E-state index contributed by atoms with van der Waals surface area (Å²) in [5, 5.41) is 13.2. The summed E-state index contributed by atoms with van der Waals surface area (Å²) in [7, 11) is 1.66. The Morgan fingerprint density at radius 2 is 2.41 bits per heavy atom. The minimum atomic E-state index is -0.265. The molecule has 2 heterocycles. The van der Waals surface area contributed by atoms with Crippen LogP contribution in [0.5, 0.6) is 5.75 Å². The van der Waals surface area contributed by atoms with Gasteiger partial charge in [-0.25, -0.2) is 0 Å². The molecule has 0 aliphatic carbocycles. The summed E-state index contributed by atoms with van der Waals surface area (Å²) < 4.78 is 5.27. The van der Waals surface area contributed by atoms with Gasteiger partial charge in [-0.05, 0) is 31.9 Å². The fourth-order valence-corrected chi connectivity index (χ4v) is 2.15. The molecule has 0 aromatic carbocycles. The van der Waals surface area contributed by atoms with E-state index >= 15 is 0 Å². The molecule has 4 nitrogen and oxygen atoms in total. The number of aliphatic hydroxyl groups is 1. The van der Waals surface area contributed by atoms with Crippen molar-refractivity contribution >= 4 is 12.4 Å². The molecule has 17 heavy (non-hydrogen) atoms. The summed E-state index contributed by atoms with van der Waals surface area (Å²) in [6.07, 6.45) is 5.94. The summed E-state index contributed by atoms with van der Waals surface area (Å²) in [5.74, 6) is 0.842. The normalized spacial score (nSPS) is 23.9. The Morgan fingerprint density at radius 3 is 3.12 bits per heavy atom. The molecule has 1 aromatic heterocycles. The van der Waals surface area contributed by atoms with Crippen molar-refractivity contribution in [2.75, 3.05) is 13.7 Å². The molecule has 0 bridgehead atoms. The molecule has 5 heteroatoms. The first kappa shape index (κ1) is 14.2. The van der Waals surface area contributed by atoms with Crippen LogP contribution in [0.1, 0.15) is 18.4 Å². The van der Waals surface area contributed by atoms with Crippen molar-refractivity contribution in [1.29, 1.82) is 0 Å². The Labute approximate surface area is 108 Å². The number of aliphatic hydroxyl groups excluding tert-OH is 1. The first-order valence-corrected chi connectivity index (χ1v) is 5.69. The van der Waals surface area contributed by atoms with Crippen molar-refractivity contribution in [3.8, 4) is 5.75 Å². The van der Waals surface area contributed by atoms with E-state index in [2.05, 4.69) is 10.3 Å². The second-order valence-electron chi connectivity index (χ2n) is 4.16. The number of hydrogen-bond donors (Lipinski definition) is 2. The Balaban J connectivity index is 0.00000144. The minimum Gasteiger partial charge on any atom is -0.496 e. The maximum Gasteiger partial charge on any atom is 0.125 e. The van der Waals surface area contributed by atoms with Gasteiger partial charge in [0.15, 0.2) is 0 Å². The zero-order valence-electron chi connectivity index (χ0n) is 9.93. The fraction of sp³-hybridized carbons (Fsp3) is 0.583. The second kappa shape index (κ2) is 6.79. The molecular weight excluding hydrogens is 240 g/mol. The van der Waals surface area contributed by atoms with E-state index in [1.165, 1.54) is 0 Å². The van der Waals surface area contributed by atoms with Crippen LogP contribution < -0.4 is 10.1 Å². The molecule has 0 amide bonds. The van der Waals surface area contributed by atoms with Gasteiger partial charge in [-0.1, -0.05) is 0 Å². The van der Waals surface area contributed by atoms with Crippen molar-refractivity contribution in [1.82, 2.24) is 10.3 Å². The van der Waals surface area contributed by atoms with Crippen LogP contribution in [0.15, 0.2) is 18.5 Å². The average molecular weight is 259 g/mol. The summed E-state index contributed by atoms with van der Waals surface area (Å²) in [5.41, 5.74) is 1.04. The summed E-state index contributed by atoms with van der Waals surface area (Å²) >= 11 is 0. The lowest BCUT2D eigenvalue weighted by atomic mass is 9.95. The van der Waals surface area contributed by atoms with Crippen LogP contribution in [-0.4, -0.2) is 35.9 Å². The zero-order valence-corrected chi connectivity index (χ0v) is 10.7. The highest BCUT2D eigenvalue weighted by molar-refractivity contribution is 5.85. The molecule has 2 unspecified atom stereocenters. The molecule has 1 fully saturated rings. The first-order valence-electron chi connectivity index (χ1n) is 5.69. The molecule has 1 aliphatic rings. The van der Waals surface area contributed by atoms with Crippen LogP contribution in [0.3, 0.4) is 0 Å². The van der Waals surface area contributed by atoms with Gasteiger partial charge in [0.2, 0.25) is 0 Å². The lowest BCUT2D eigenvalue weighted by Crippen LogP contribution is -2.46. The molecule has 1 saturated heterocycles. The van der Waals surface area contributed by atoms with Crippen LogP contribution in [0.4, 0.5) is 0 Å². The number of halogens is 1. The Kier molecular flexibility index (Phi) is 5.68. The molecule has 1 aliphatic heterocycles. The smallest absolute Gasteiger partial charge is 0.125 e. The van der Waals surface area contributed by atoms with Crippen LogP contribution >= 0.6 is 12.4 Å². The van der Waals surface area contributed by atoms with Gasteiger partial charge in [0.1, 0.15) is 5.75 Å². The van der Waals surface area contributed by atoms with Gasteiger partial charge in [-0.2, -0.15) is 0 Å². The molecule has 2 atom stereocenters. The second-order valence-corrected chi connectivity index (χ2v) is 4.16. The largest absolute Gasteiger partial charge is 0.496 e. The number of methoxy groups -OCH3 is 1. The van der Waals surface area contributed by atoms with Gasteiger partial charge in [-0.15, -0.1) is 12.4 Å². The third-order valence-corrected chi connectivity index (χ3v) is 3.07. The van der Waals surface area contributed by atoms with Gasteiger partial charge >= 0.3 is 0 Å². The van der Waals surface area contributed by atoms with Crippen LogP contribution in [0.25, 0.3) is 0 Å². The number of nitrogens with zero attached hydrogens (tertiary/aromatic N) is 1. The van der Waals surface area contributed by atoms with E-state index in [9.17, 15) is 5.11 Å². The van der Waals surface area contributed by atoms with E-state index in [1.54, 1.807) is 13.3 Å². The predicted molar refractivity (Wildman–Crippen MR) is 68.8 cm³/mol. The van der Waals surface area contributed by atoms with E-state index in [1.807, 2.05) is 12.3 Å². The van der Waals surface area contributed by atoms with Gasteiger partial charge < -0.3 is 15.2 Å². The van der Waals surface area contributed by atoms with Gasteiger partial charge in [-0.3, -0.25) is 4.98 Å². The SMILES string of the molecule is COc1ccncc1CC1NCCCC1O.Cl. The van der Waals surface area contributed by atoms with E-state index in [0.717, 1.165) is 37.1 Å². The molecule has 2 N–H and O–H groups in total. The molecule has 0 radical (unpaired) electrons. The predicted octanol–water partition coefficient (Wildman–Crippen LogP) is 1.17. The number of ether oxygens (including phenoxy) is 1. The maximum atomic E-state index is 9.87. The molecule has 0 saturated carbocycles. The third kappa shape index (κ3) is 3.56. The highest BCUT2D eigenvalue weighted by atomic mass is 35.5. The standard InChI is InChI=1S/C12H18N2O2.ClH/c1-16-12-4-6-13-8-9(12)7-10-11(15)3-2-5-14-10;/h4,6,8,10-11,14-15H,2-3,5,7H2,1H3;1H. The minimum absolute atomic E-state index is 0. The fourth-order valence-electron chi connectivity index (χ4n) is 2.15. The number of nitrogens with one attached hydrogen (secondary N) is 1. The molecule has 1 aromatic rings. The Bertz CT molecular complexity index is 349. The number of piperidine rings is 1. The van der Waals surface area contributed by atoms with Gasteiger partial charge in [0.05, 0.1) is 13.2 Å². The van der Waals surface area contributed by atoms with E-state index in [4.69, 9.17) is 4.74 Å². The topological polar surface area (TPSA) is 54.4 Å². The third-order valence-electron chi connectivity index (χ3n) is 3.07. The lowest BCUT2D eigenvalue weighted by molar-refractivity contribution is 0.0961. The van der Waals surface area contributed by atoms with Gasteiger partial charge in [0, 0.05) is 24.0 Å². The van der Waals surface area contributed by atoms with Crippen molar-refractivity contribution in [2.45, 2.75) is 31.4 Å². The number of aromatic nitrogens is 1. The van der Waals surface area contributed by atoms with Crippen LogP contribution in [0, 0.1) is 0 Å². The average Bonchev–Trinajstić information content (AvgIpc) is 2.33. The highest BCUT2D eigenvalue weighted by Crippen LogP contribution is 2.20. The lowest BCUT2D eigenvalue weighted by Gasteiger charge is -2.29. The highest BCUT2D eigenvalue weighted by Gasteiger charge is 2.23. The van der Waals surface area contributed by atoms with E-state index in [0.29, 0.717) is 0 Å². The van der Waals surface area contributed by atoms with Crippen molar-refractivity contribution in [3.63, 3.8) is 0 Å².